The molecule has 0 spiro atoms. The molecule has 0 bridgehead atoms. The summed E-state index contributed by atoms with van der Waals surface area (Å²) in [5, 5.41) is 7.34. The maximum absolute atomic E-state index is 13.1. The smallest absolute Gasteiger partial charge is 0.347 e. The highest BCUT2D eigenvalue weighted by atomic mass is 79.9. The molecule has 0 aliphatic carbocycles. The summed E-state index contributed by atoms with van der Waals surface area (Å²) in [5.41, 5.74) is -2.61. The molecule has 3 aromatic rings. The van der Waals surface area contributed by atoms with E-state index in [0.717, 1.165) is 0 Å². The summed E-state index contributed by atoms with van der Waals surface area (Å²) < 4.78 is 79.6. The molecule has 3 N–H and O–H groups in total. The van der Waals surface area contributed by atoms with Gasteiger partial charge in [-0.2, -0.15) is 26.3 Å². The zero-order chi connectivity index (χ0) is 25.8. The van der Waals surface area contributed by atoms with Gasteiger partial charge < -0.3 is 16.0 Å². The zero-order valence-electron chi connectivity index (χ0n) is 17.5. The average molecular weight is 576 g/mol. The molecule has 0 heterocycles. The number of hydrogen-bond acceptors (Lipinski definition) is 2. The molecule has 0 aliphatic rings. The minimum absolute atomic E-state index is 0.0138. The monoisotopic (exact) mass is 575 g/mol. The first-order chi connectivity index (χ1) is 16.3. The summed E-state index contributed by atoms with van der Waals surface area (Å²) in [4.78, 5) is 13.0. The van der Waals surface area contributed by atoms with Gasteiger partial charge in [-0.25, -0.2) is 0 Å². The van der Waals surface area contributed by atoms with Gasteiger partial charge in [-0.1, -0.05) is 52.3 Å². The molecule has 0 unspecified atom stereocenters. The minimum atomic E-state index is -5.01. The van der Waals surface area contributed by atoms with Crippen LogP contribution < -0.4 is 16.0 Å². The molecule has 1 atom stereocenters. The van der Waals surface area contributed by atoms with E-state index in [4.69, 9.17) is 12.2 Å². The van der Waals surface area contributed by atoms with Gasteiger partial charge in [-0.15, -0.1) is 0 Å². The molecule has 3 rings (SSSR count). The van der Waals surface area contributed by atoms with E-state index in [1.165, 1.54) is 0 Å². The zero-order valence-corrected chi connectivity index (χ0v) is 19.9. The van der Waals surface area contributed by atoms with Gasteiger partial charge in [-0.05, 0) is 54.2 Å². The Morgan fingerprint density at radius 3 is 1.91 bits per heavy atom. The number of hydrogen-bond donors (Lipinski definition) is 3. The van der Waals surface area contributed by atoms with Crippen molar-refractivity contribution < 1.29 is 31.1 Å². The van der Waals surface area contributed by atoms with Crippen molar-refractivity contribution in [3.63, 3.8) is 0 Å². The highest BCUT2D eigenvalue weighted by Gasteiger charge is 2.37. The van der Waals surface area contributed by atoms with Crippen molar-refractivity contribution in [2.24, 2.45) is 0 Å². The predicted octanol–water partition coefficient (Wildman–Crippen LogP) is 7.15. The van der Waals surface area contributed by atoms with Crippen LogP contribution in [-0.2, 0) is 17.1 Å². The Kier molecular flexibility index (Phi) is 8.06. The van der Waals surface area contributed by atoms with E-state index in [1.54, 1.807) is 54.6 Å². The Balaban J connectivity index is 1.86. The second-order valence-electron chi connectivity index (χ2n) is 7.24. The number of amides is 1. The fourth-order valence-corrected chi connectivity index (χ4v) is 3.69. The van der Waals surface area contributed by atoms with E-state index in [1.807, 2.05) is 0 Å². The molecular weight excluding hydrogens is 560 g/mol. The number of halogens is 7. The highest BCUT2D eigenvalue weighted by molar-refractivity contribution is 9.10. The minimum Gasteiger partial charge on any atom is -0.347 e. The van der Waals surface area contributed by atoms with Crippen LogP contribution in [0.5, 0.6) is 0 Å². The van der Waals surface area contributed by atoms with Crippen LogP contribution in [0.15, 0.2) is 77.3 Å². The van der Waals surface area contributed by atoms with Gasteiger partial charge in [-0.3, -0.25) is 4.79 Å². The van der Waals surface area contributed by atoms with Crippen LogP contribution in [0.2, 0.25) is 0 Å². The van der Waals surface area contributed by atoms with Crippen LogP contribution in [0.1, 0.15) is 22.7 Å². The van der Waals surface area contributed by atoms with E-state index in [9.17, 15) is 31.1 Å². The molecule has 0 saturated carbocycles. The quantitative estimate of drug-likeness (QED) is 0.223. The second-order valence-corrected chi connectivity index (χ2v) is 8.56. The van der Waals surface area contributed by atoms with Crippen LogP contribution in [0.3, 0.4) is 0 Å². The Bertz CT molecular complexity index is 1190. The Labute approximate surface area is 209 Å². The molecule has 35 heavy (non-hydrogen) atoms. The number of thiocarbonyl (C=S) groups is 1. The third-order valence-electron chi connectivity index (χ3n) is 4.61. The van der Waals surface area contributed by atoms with Gasteiger partial charge in [0.1, 0.15) is 6.04 Å². The fraction of sp³-hybridized carbons (Fsp3) is 0.130. The van der Waals surface area contributed by atoms with Crippen molar-refractivity contribution in [1.29, 1.82) is 0 Å². The summed E-state index contributed by atoms with van der Waals surface area (Å²) in [5.74, 6) is -0.557. The lowest BCUT2D eigenvalue weighted by atomic mass is 10.1. The van der Waals surface area contributed by atoms with Crippen LogP contribution in [0.25, 0.3) is 0 Å². The Morgan fingerprint density at radius 1 is 0.771 bits per heavy atom. The molecule has 12 heteroatoms. The largest absolute Gasteiger partial charge is 0.416 e. The summed E-state index contributed by atoms with van der Waals surface area (Å²) in [6.45, 7) is 0. The number of nitrogens with one attached hydrogen (secondary N) is 3. The van der Waals surface area contributed by atoms with Crippen LogP contribution >= 0.6 is 28.1 Å². The molecule has 0 aliphatic heterocycles. The van der Waals surface area contributed by atoms with Gasteiger partial charge in [0.25, 0.3) is 5.91 Å². The van der Waals surface area contributed by atoms with Crippen LogP contribution in [-0.4, -0.2) is 11.0 Å². The van der Waals surface area contributed by atoms with Crippen molar-refractivity contribution >= 4 is 50.5 Å². The first kappa shape index (κ1) is 26.5. The average Bonchev–Trinajstić information content (AvgIpc) is 2.76. The highest BCUT2D eigenvalue weighted by Crippen LogP contribution is 2.37. The van der Waals surface area contributed by atoms with Crippen molar-refractivity contribution in [3.05, 3.63) is 94.0 Å². The third-order valence-corrected chi connectivity index (χ3v) is 5.32. The molecule has 0 radical (unpaired) electrons. The van der Waals surface area contributed by atoms with Gasteiger partial charge in [0.2, 0.25) is 0 Å². The second kappa shape index (κ2) is 10.6. The number of rotatable bonds is 5. The Morgan fingerprint density at radius 2 is 1.37 bits per heavy atom. The molecule has 1 amide bonds. The number of alkyl halides is 6. The molecule has 4 nitrogen and oxygen atoms in total. The molecule has 0 aromatic heterocycles. The number of anilines is 2. The van der Waals surface area contributed by atoms with Crippen LogP contribution in [0.4, 0.5) is 37.7 Å². The number of carbonyl (C=O) groups is 1. The summed E-state index contributed by atoms with van der Waals surface area (Å²) in [6, 6.07) is 14.9. The van der Waals surface area contributed by atoms with Crippen molar-refractivity contribution in [3.8, 4) is 0 Å². The summed E-state index contributed by atoms with van der Waals surface area (Å²) in [6.07, 6.45) is -10.0. The van der Waals surface area contributed by atoms with E-state index < -0.39 is 41.1 Å². The number of benzene rings is 3. The lowest BCUT2D eigenvalue weighted by molar-refractivity contribution is -0.143. The lowest BCUT2D eigenvalue weighted by Crippen LogP contribution is -2.39. The molecule has 184 valence electrons. The van der Waals surface area contributed by atoms with Crippen molar-refractivity contribution in [2.75, 3.05) is 10.6 Å². The standard InChI is InChI=1S/C23H16BrF6N3OS/c24-16-7-4-8-17(12-16)31-20(34)19(13-5-2-1-3-6-13)33-21(35)32-18-10-14(22(25,26)27)9-15(11-18)23(28,29)30/h1-12,19H,(H,31,34)(H2,32,33,35)/t19-/m1/s1. The summed E-state index contributed by atoms with van der Waals surface area (Å²) >= 11 is 8.41. The van der Waals surface area contributed by atoms with Gasteiger partial charge >= 0.3 is 12.4 Å². The normalized spacial score (nSPS) is 12.5. The predicted molar refractivity (Wildman–Crippen MR) is 128 cm³/mol. The first-order valence-corrected chi connectivity index (χ1v) is 11.0. The summed E-state index contributed by atoms with van der Waals surface area (Å²) in [7, 11) is 0. The van der Waals surface area contributed by atoms with Crippen LogP contribution in [0, 0.1) is 0 Å². The van der Waals surface area contributed by atoms with Gasteiger partial charge in [0.05, 0.1) is 11.1 Å². The van der Waals surface area contributed by atoms with Gasteiger partial charge in [0.15, 0.2) is 5.11 Å². The van der Waals surface area contributed by atoms with E-state index in [2.05, 4.69) is 31.9 Å². The first-order valence-electron chi connectivity index (χ1n) is 9.81. The maximum Gasteiger partial charge on any atom is 0.416 e. The van der Waals surface area contributed by atoms with E-state index in [0.29, 0.717) is 27.9 Å². The maximum atomic E-state index is 13.1. The fourth-order valence-electron chi connectivity index (χ4n) is 3.05. The molecule has 0 fully saturated rings. The molecular formula is C23H16BrF6N3OS. The molecule has 3 aromatic carbocycles. The van der Waals surface area contributed by atoms with E-state index >= 15 is 0 Å². The van der Waals surface area contributed by atoms with Crippen molar-refractivity contribution in [1.82, 2.24) is 5.32 Å². The molecule has 0 saturated heterocycles. The van der Waals surface area contributed by atoms with Crippen molar-refractivity contribution in [2.45, 2.75) is 18.4 Å². The van der Waals surface area contributed by atoms with E-state index in [-0.39, 0.29) is 11.2 Å². The third kappa shape index (κ3) is 7.43. The topological polar surface area (TPSA) is 53.2 Å². The Hall–Kier alpha value is -3.12. The SMILES string of the molecule is O=C(Nc1cccc(Br)c1)[C@H](NC(=S)Nc1cc(C(F)(F)F)cc(C(F)(F)F)c1)c1ccccc1. The lowest BCUT2D eigenvalue weighted by Gasteiger charge is -2.22. The van der Waals surface area contributed by atoms with Gasteiger partial charge in [0, 0.05) is 15.8 Å². The number of carbonyl (C=O) groups excluding carboxylic acids is 1.